The second kappa shape index (κ2) is 7.43. The zero-order chi connectivity index (χ0) is 15.2. The van der Waals surface area contributed by atoms with E-state index in [1.165, 1.54) is 16.3 Å². The fraction of sp³-hybridized carbons (Fsp3) is 0.444. The van der Waals surface area contributed by atoms with E-state index in [0.29, 0.717) is 12.1 Å². The highest BCUT2D eigenvalue weighted by Gasteiger charge is 2.12. The van der Waals surface area contributed by atoms with Gasteiger partial charge in [0.2, 0.25) is 0 Å². The van der Waals surface area contributed by atoms with Gasteiger partial charge in [-0.15, -0.1) is 0 Å². The molecule has 2 unspecified atom stereocenters. The topological polar surface area (TPSA) is 30.5 Å². The summed E-state index contributed by atoms with van der Waals surface area (Å²) in [6.07, 6.45) is 1.06. The molecule has 0 heterocycles. The Balaban J connectivity index is 2.17. The average Bonchev–Trinajstić information content (AvgIpc) is 2.53. The molecule has 0 aromatic heterocycles. The number of benzene rings is 2. The molecule has 2 rings (SSSR count). The van der Waals surface area contributed by atoms with Crippen LogP contribution < -0.4 is 10.1 Å². The largest absolute Gasteiger partial charge is 0.497 e. The summed E-state index contributed by atoms with van der Waals surface area (Å²) >= 11 is 0. The Kier molecular flexibility index (Phi) is 5.59. The Bertz CT molecular complexity index is 582. The molecule has 0 aliphatic rings. The van der Waals surface area contributed by atoms with E-state index < -0.39 is 0 Å². The zero-order valence-electron chi connectivity index (χ0n) is 13.3. The Labute approximate surface area is 127 Å². The number of methoxy groups -OCH3 is 2. The minimum absolute atomic E-state index is 0.302. The maximum Gasteiger partial charge on any atom is 0.119 e. The predicted octanol–water partition coefficient (Wildman–Crippen LogP) is 3.92. The minimum Gasteiger partial charge on any atom is -0.497 e. The van der Waals surface area contributed by atoms with Crippen LogP contribution in [0.15, 0.2) is 36.4 Å². The lowest BCUT2D eigenvalue weighted by molar-refractivity contribution is 0.159. The van der Waals surface area contributed by atoms with Crippen molar-refractivity contribution >= 4 is 10.8 Å². The van der Waals surface area contributed by atoms with Crippen molar-refractivity contribution in [3.8, 4) is 5.75 Å². The first-order chi connectivity index (χ1) is 10.2. The van der Waals surface area contributed by atoms with Crippen LogP contribution >= 0.6 is 0 Å². The molecule has 0 bridgehead atoms. The Morgan fingerprint density at radius 1 is 1.05 bits per heavy atom. The zero-order valence-corrected chi connectivity index (χ0v) is 13.3. The number of ether oxygens (including phenoxy) is 2. The number of fused-ring (bicyclic) bond motifs is 1. The van der Waals surface area contributed by atoms with Gasteiger partial charge in [0.05, 0.1) is 13.7 Å². The van der Waals surface area contributed by atoms with Crippen molar-refractivity contribution in [2.24, 2.45) is 0 Å². The molecule has 2 aromatic carbocycles. The standard InChI is InChI=1S/C18H25NO2/c1-5-17(12-20-3)19-13(2)14-6-7-16-11-18(21-4)9-8-15(16)10-14/h6-11,13,17,19H,5,12H2,1-4H3. The summed E-state index contributed by atoms with van der Waals surface area (Å²) in [7, 11) is 3.45. The molecule has 0 aliphatic carbocycles. The fourth-order valence-corrected chi connectivity index (χ4v) is 2.57. The maximum absolute atomic E-state index is 5.27. The molecule has 0 saturated heterocycles. The molecule has 114 valence electrons. The van der Waals surface area contributed by atoms with E-state index in [4.69, 9.17) is 9.47 Å². The van der Waals surface area contributed by atoms with E-state index in [1.54, 1.807) is 14.2 Å². The first-order valence-electron chi connectivity index (χ1n) is 7.50. The van der Waals surface area contributed by atoms with Gasteiger partial charge in [0.1, 0.15) is 5.75 Å². The van der Waals surface area contributed by atoms with Gasteiger partial charge in [-0.05, 0) is 47.9 Å². The van der Waals surface area contributed by atoms with E-state index in [9.17, 15) is 0 Å². The van der Waals surface area contributed by atoms with Crippen molar-refractivity contribution in [3.05, 3.63) is 42.0 Å². The van der Waals surface area contributed by atoms with E-state index >= 15 is 0 Å². The van der Waals surface area contributed by atoms with Crippen molar-refractivity contribution in [2.45, 2.75) is 32.4 Å². The first-order valence-corrected chi connectivity index (χ1v) is 7.50. The van der Waals surface area contributed by atoms with Gasteiger partial charge in [0.15, 0.2) is 0 Å². The van der Waals surface area contributed by atoms with Gasteiger partial charge in [0, 0.05) is 19.2 Å². The van der Waals surface area contributed by atoms with Crippen LogP contribution in [0.2, 0.25) is 0 Å². The summed E-state index contributed by atoms with van der Waals surface area (Å²) in [6, 6.07) is 13.4. The summed E-state index contributed by atoms with van der Waals surface area (Å²) in [4.78, 5) is 0. The van der Waals surface area contributed by atoms with Crippen molar-refractivity contribution in [3.63, 3.8) is 0 Å². The summed E-state index contributed by atoms with van der Waals surface area (Å²) in [5, 5.41) is 6.06. The molecule has 0 fully saturated rings. The summed E-state index contributed by atoms with van der Waals surface area (Å²) in [5.41, 5.74) is 1.29. The second-order valence-corrected chi connectivity index (χ2v) is 5.42. The number of hydrogen-bond donors (Lipinski definition) is 1. The predicted molar refractivity (Wildman–Crippen MR) is 88.0 cm³/mol. The molecule has 1 N–H and O–H groups in total. The molecule has 3 nitrogen and oxygen atoms in total. The van der Waals surface area contributed by atoms with Crippen molar-refractivity contribution in [2.75, 3.05) is 20.8 Å². The molecule has 21 heavy (non-hydrogen) atoms. The Morgan fingerprint density at radius 2 is 1.76 bits per heavy atom. The third-order valence-corrected chi connectivity index (χ3v) is 3.92. The van der Waals surface area contributed by atoms with Gasteiger partial charge >= 0.3 is 0 Å². The molecule has 3 heteroatoms. The van der Waals surface area contributed by atoms with Gasteiger partial charge in [0.25, 0.3) is 0 Å². The second-order valence-electron chi connectivity index (χ2n) is 5.42. The summed E-state index contributed by atoms with van der Waals surface area (Å²) in [6.45, 7) is 5.12. The average molecular weight is 287 g/mol. The van der Waals surface area contributed by atoms with Crippen LogP contribution in [0.1, 0.15) is 31.9 Å². The van der Waals surface area contributed by atoms with E-state index in [1.807, 2.05) is 6.07 Å². The fourth-order valence-electron chi connectivity index (χ4n) is 2.57. The van der Waals surface area contributed by atoms with Crippen LogP contribution in [0.4, 0.5) is 0 Å². The number of nitrogens with one attached hydrogen (secondary N) is 1. The van der Waals surface area contributed by atoms with Gasteiger partial charge in [-0.25, -0.2) is 0 Å². The van der Waals surface area contributed by atoms with E-state index in [0.717, 1.165) is 18.8 Å². The molecule has 2 aromatic rings. The van der Waals surface area contributed by atoms with E-state index in [2.05, 4.69) is 49.5 Å². The number of hydrogen-bond acceptors (Lipinski definition) is 3. The first kappa shape index (κ1) is 15.8. The quantitative estimate of drug-likeness (QED) is 0.837. The normalized spacial score (nSPS) is 14.1. The van der Waals surface area contributed by atoms with Crippen molar-refractivity contribution < 1.29 is 9.47 Å². The van der Waals surface area contributed by atoms with Crippen LogP contribution in [0.5, 0.6) is 5.75 Å². The monoisotopic (exact) mass is 287 g/mol. The van der Waals surface area contributed by atoms with Crippen molar-refractivity contribution in [1.82, 2.24) is 5.32 Å². The third-order valence-electron chi connectivity index (χ3n) is 3.92. The SMILES string of the molecule is CCC(COC)NC(C)c1ccc2cc(OC)ccc2c1. The Hall–Kier alpha value is -1.58. The van der Waals surface area contributed by atoms with E-state index in [-0.39, 0.29) is 0 Å². The minimum atomic E-state index is 0.302. The van der Waals surface area contributed by atoms with Crippen molar-refractivity contribution in [1.29, 1.82) is 0 Å². The molecular weight excluding hydrogens is 262 g/mol. The summed E-state index contributed by atoms with van der Waals surface area (Å²) in [5.74, 6) is 0.896. The van der Waals surface area contributed by atoms with Crippen LogP contribution in [0.3, 0.4) is 0 Å². The Morgan fingerprint density at radius 3 is 2.43 bits per heavy atom. The highest BCUT2D eigenvalue weighted by atomic mass is 16.5. The molecule has 0 aliphatic heterocycles. The maximum atomic E-state index is 5.27. The smallest absolute Gasteiger partial charge is 0.119 e. The number of rotatable bonds is 7. The summed E-state index contributed by atoms with van der Waals surface area (Å²) < 4.78 is 10.5. The van der Waals surface area contributed by atoms with Crippen LogP contribution in [-0.4, -0.2) is 26.9 Å². The van der Waals surface area contributed by atoms with Gasteiger partial charge in [-0.1, -0.05) is 25.1 Å². The van der Waals surface area contributed by atoms with Gasteiger partial charge in [-0.2, -0.15) is 0 Å². The third kappa shape index (κ3) is 3.96. The molecule has 0 radical (unpaired) electrons. The lowest BCUT2D eigenvalue weighted by Gasteiger charge is -2.22. The molecular formula is C18H25NO2. The molecule has 0 spiro atoms. The highest BCUT2D eigenvalue weighted by molar-refractivity contribution is 5.84. The highest BCUT2D eigenvalue weighted by Crippen LogP contribution is 2.24. The lowest BCUT2D eigenvalue weighted by Crippen LogP contribution is -2.34. The van der Waals surface area contributed by atoms with Crippen LogP contribution in [0, 0.1) is 0 Å². The molecule has 0 saturated carbocycles. The van der Waals surface area contributed by atoms with Crippen LogP contribution in [-0.2, 0) is 4.74 Å². The molecule has 2 atom stereocenters. The molecule has 0 amide bonds. The van der Waals surface area contributed by atoms with Gasteiger partial charge < -0.3 is 14.8 Å². The lowest BCUT2D eigenvalue weighted by atomic mass is 10.0. The van der Waals surface area contributed by atoms with Crippen LogP contribution in [0.25, 0.3) is 10.8 Å². The van der Waals surface area contributed by atoms with Gasteiger partial charge in [-0.3, -0.25) is 0 Å².